The fraction of sp³-hybridized carbons (Fsp3) is 0.500. The normalized spacial score (nSPS) is 16.1. The van der Waals surface area contributed by atoms with Gasteiger partial charge in [-0.2, -0.15) is 0 Å². The molecule has 0 aromatic heterocycles. The Morgan fingerprint density at radius 2 is 2.00 bits per heavy atom. The van der Waals surface area contributed by atoms with Crippen LogP contribution < -0.4 is 0 Å². The van der Waals surface area contributed by atoms with Gasteiger partial charge in [-0.05, 0) is 30.9 Å². The summed E-state index contributed by atoms with van der Waals surface area (Å²) in [7, 11) is -2.10. The second-order valence-corrected chi connectivity index (χ2v) is 7.52. The summed E-state index contributed by atoms with van der Waals surface area (Å²) in [6.45, 7) is 0.100. The van der Waals surface area contributed by atoms with E-state index < -0.39 is 16.6 Å². The molecule has 106 valence electrons. The molecule has 1 aromatic rings. The first kappa shape index (κ1) is 15.1. The van der Waals surface area contributed by atoms with Gasteiger partial charge >= 0.3 is 0 Å². The summed E-state index contributed by atoms with van der Waals surface area (Å²) in [5.41, 5.74) is 0.240. The molecule has 2 rings (SSSR count). The first-order valence-corrected chi connectivity index (χ1v) is 8.11. The highest BCUT2D eigenvalue weighted by molar-refractivity contribution is 7.89. The highest BCUT2D eigenvalue weighted by Crippen LogP contribution is 2.35. The molecule has 0 saturated heterocycles. The van der Waals surface area contributed by atoms with Crippen LogP contribution in [0.4, 0.5) is 0 Å². The van der Waals surface area contributed by atoms with Crippen molar-refractivity contribution in [3.05, 3.63) is 27.7 Å². The standard InChI is InChI=1S/C12H15Cl2NO3S/c1-15(6-8-2-3-8)19(17,18)11-5-4-10(13)9(7-16)12(11)14/h4-5,8,16H,2-3,6-7H2,1H3. The Hall–Kier alpha value is -0.330. The molecule has 1 fully saturated rings. The van der Waals surface area contributed by atoms with Crippen molar-refractivity contribution < 1.29 is 13.5 Å². The maximum atomic E-state index is 12.4. The van der Waals surface area contributed by atoms with Gasteiger partial charge in [-0.1, -0.05) is 23.2 Å². The smallest absolute Gasteiger partial charge is 0.244 e. The lowest BCUT2D eigenvalue weighted by molar-refractivity contribution is 0.281. The van der Waals surface area contributed by atoms with Crippen LogP contribution in [-0.4, -0.2) is 31.4 Å². The van der Waals surface area contributed by atoms with Crippen molar-refractivity contribution in [2.45, 2.75) is 24.3 Å². The summed E-state index contributed by atoms with van der Waals surface area (Å²) in [5.74, 6) is 0.447. The third kappa shape index (κ3) is 3.06. The number of hydrogen-bond acceptors (Lipinski definition) is 3. The fourth-order valence-electron chi connectivity index (χ4n) is 1.85. The largest absolute Gasteiger partial charge is 0.392 e. The predicted molar refractivity (Wildman–Crippen MR) is 74.9 cm³/mol. The molecule has 0 bridgehead atoms. The van der Waals surface area contributed by atoms with Gasteiger partial charge in [0.1, 0.15) is 4.90 Å². The molecule has 0 spiro atoms. The van der Waals surface area contributed by atoms with E-state index >= 15 is 0 Å². The van der Waals surface area contributed by atoms with Gasteiger partial charge in [0, 0.05) is 24.2 Å². The Morgan fingerprint density at radius 3 is 2.53 bits per heavy atom. The molecule has 1 aliphatic rings. The monoisotopic (exact) mass is 323 g/mol. The predicted octanol–water partition coefficient (Wildman–Crippen LogP) is 2.52. The number of rotatable bonds is 5. The average Bonchev–Trinajstić information content (AvgIpc) is 3.13. The average molecular weight is 324 g/mol. The van der Waals surface area contributed by atoms with Crippen molar-refractivity contribution >= 4 is 33.2 Å². The van der Waals surface area contributed by atoms with E-state index in [0.29, 0.717) is 12.5 Å². The molecule has 0 amide bonds. The second kappa shape index (κ2) is 5.58. The molecule has 1 aromatic carbocycles. The molecule has 0 aliphatic heterocycles. The van der Waals surface area contributed by atoms with E-state index in [1.807, 2.05) is 0 Å². The molecule has 1 aliphatic carbocycles. The minimum absolute atomic E-state index is 0.00218. The number of aliphatic hydroxyl groups excluding tert-OH is 1. The number of sulfonamides is 1. The topological polar surface area (TPSA) is 57.6 Å². The van der Waals surface area contributed by atoms with Crippen molar-refractivity contribution in [2.24, 2.45) is 5.92 Å². The van der Waals surface area contributed by atoms with Crippen LogP contribution in [0, 0.1) is 5.92 Å². The minimum Gasteiger partial charge on any atom is -0.392 e. The zero-order valence-corrected chi connectivity index (χ0v) is 12.8. The van der Waals surface area contributed by atoms with E-state index in [0.717, 1.165) is 12.8 Å². The first-order valence-electron chi connectivity index (χ1n) is 5.92. The molecular weight excluding hydrogens is 309 g/mol. The van der Waals surface area contributed by atoms with Crippen LogP contribution in [0.15, 0.2) is 17.0 Å². The van der Waals surface area contributed by atoms with Gasteiger partial charge in [-0.15, -0.1) is 0 Å². The summed E-state index contributed by atoms with van der Waals surface area (Å²) in [6, 6.07) is 2.82. The maximum Gasteiger partial charge on any atom is 0.244 e. The number of hydrogen-bond donors (Lipinski definition) is 1. The van der Waals surface area contributed by atoms with Crippen LogP contribution in [0.5, 0.6) is 0 Å². The van der Waals surface area contributed by atoms with Crippen LogP contribution >= 0.6 is 23.2 Å². The van der Waals surface area contributed by atoms with E-state index in [2.05, 4.69) is 0 Å². The molecule has 19 heavy (non-hydrogen) atoms. The van der Waals surface area contributed by atoms with Crippen molar-refractivity contribution in [1.82, 2.24) is 4.31 Å². The van der Waals surface area contributed by atoms with Crippen molar-refractivity contribution in [2.75, 3.05) is 13.6 Å². The Morgan fingerprint density at radius 1 is 1.37 bits per heavy atom. The van der Waals surface area contributed by atoms with Gasteiger partial charge in [-0.3, -0.25) is 0 Å². The van der Waals surface area contributed by atoms with Crippen LogP contribution in [0.2, 0.25) is 10.0 Å². The van der Waals surface area contributed by atoms with E-state index in [1.54, 1.807) is 0 Å². The van der Waals surface area contributed by atoms with Gasteiger partial charge in [0.25, 0.3) is 0 Å². The van der Waals surface area contributed by atoms with Gasteiger partial charge in [-0.25, -0.2) is 12.7 Å². The highest BCUT2D eigenvalue weighted by Gasteiger charge is 2.31. The molecule has 0 heterocycles. The summed E-state index contributed by atoms with van der Waals surface area (Å²) >= 11 is 11.9. The van der Waals surface area contributed by atoms with Crippen molar-refractivity contribution in [1.29, 1.82) is 0 Å². The van der Waals surface area contributed by atoms with E-state index in [1.165, 1.54) is 23.5 Å². The SMILES string of the molecule is CN(CC1CC1)S(=O)(=O)c1ccc(Cl)c(CO)c1Cl. The van der Waals surface area contributed by atoms with Crippen molar-refractivity contribution in [3.63, 3.8) is 0 Å². The number of benzene rings is 1. The van der Waals surface area contributed by atoms with Crippen molar-refractivity contribution in [3.8, 4) is 0 Å². The Bertz CT molecular complexity index is 585. The van der Waals surface area contributed by atoms with E-state index in [-0.39, 0.29) is 20.5 Å². The molecule has 0 unspecified atom stereocenters. The quantitative estimate of drug-likeness (QED) is 0.905. The molecule has 7 heteroatoms. The van der Waals surface area contributed by atoms with Gasteiger partial charge in [0.2, 0.25) is 10.0 Å². The maximum absolute atomic E-state index is 12.4. The zero-order valence-electron chi connectivity index (χ0n) is 10.4. The highest BCUT2D eigenvalue weighted by atomic mass is 35.5. The lowest BCUT2D eigenvalue weighted by atomic mass is 10.2. The first-order chi connectivity index (χ1) is 8.87. The molecule has 4 nitrogen and oxygen atoms in total. The number of nitrogens with zero attached hydrogens (tertiary/aromatic N) is 1. The van der Waals surface area contributed by atoms with Crippen LogP contribution in [0.1, 0.15) is 18.4 Å². The van der Waals surface area contributed by atoms with Gasteiger partial charge in [0.15, 0.2) is 0 Å². The van der Waals surface area contributed by atoms with E-state index in [4.69, 9.17) is 23.2 Å². The molecule has 1 N–H and O–H groups in total. The van der Waals surface area contributed by atoms with E-state index in [9.17, 15) is 13.5 Å². The lowest BCUT2D eigenvalue weighted by Crippen LogP contribution is -2.29. The van der Waals surface area contributed by atoms with Crippen LogP contribution in [-0.2, 0) is 16.6 Å². The summed E-state index contributed by atoms with van der Waals surface area (Å²) in [6.07, 6.45) is 2.13. The zero-order chi connectivity index (χ0) is 14.2. The molecule has 0 atom stereocenters. The molecule has 1 saturated carbocycles. The fourth-order valence-corrected chi connectivity index (χ4v) is 3.97. The number of halogens is 2. The summed E-state index contributed by atoms with van der Waals surface area (Å²) < 4.78 is 26.1. The van der Waals surface area contributed by atoms with Gasteiger partial charge < -0.3 is 5.11 Å². The van der Waals surface area contributed by atoms with Gasteiger partial charge in [0.05, 0.1) is 11.6 Å². The summed E-state index contributed by atoms with van der Waals surface area (Å²) in [4.78, 5) is -0.00855. The lowest BCUT2D eigenvalue weighted by Gasteiger charge is -2.19. The molecular formula is C12H15Cl2NO3S. The Labute approximate surface area is 123 Å². The minimum atomic E-state index is -3.64. The second-order valence-electron chi connectivity index (χ2n) is 4.73. The summed E-state index contributed by atoms with van der Waals surface area (Å²) in [5, 5.41) is 9.46. The van der Waals surface area contributed by atoms with Crippen LogP contribution in [0.3, 0.4) is 0 Å². The van der Waals surface area contributed by atoms with Crippen LogP contribution in [0.25, 0.3) is 0 Å². The Balaban J connectivity index is 2.39. The molecule has 0 radical (unpaired) electrons. The third-order valence-electron chi connectivity index (χ3n) is 3.21. The Kier molecular flexibility index (Phi) is 4.42. The third-order valence-corrected chi connectivity index (χ3v) is 5.97. The number of aliphatic hydroxyl groups is 1.